The summed E-state index contributed by atoms with van der Waals surface area (Å²) in [5, 5.41) is 45.8. The fourth-order valence-corrected chi connectivity index (χ4v) is 22.7. The summed E-state index contributed by atoms with van der Waals surface area (Å²) < 4.78 is 104. The Hall–Kier alpha value is -15.3. The van der Waals surface area contributed by atoms with Crippen molar-refractivity contribution in [2.24, 2.45) is 17.8 Å². The van der Waals surface area contributed by atoms with E-state index in [1.54, 1.807) is 102 Å². The summed E-state index contributed by atoms with van der Waals surface area (Å²) in [5.41, 5.74) is 16.2. The molecule has 5 saturated carbocycles. The van der Waals surface area contributed by atoms with Gasteiger partial charge in [-0.1, -0.05) is 32.9 Å². The van der Waals surface area contributed by atoms with E-state index in [4.69, 9.17) is 43.9 Å². The van der Waals surface area contributed by atoms with E-state index in [9.17, 15) is 22.0 Å². The van der Waals surface area contributed by atoms with Gasteiger partial charge in [0, 0.05) is 119 Å². The van der Waals surface area contributed by atoms with Gasteiger partial charge in [0.25, 0.3) is 0 Å². The number of pyridine rings is 1. The van der Waals surface area contributed by atoms with E-state index < -0.39 is 0 Å². The van der Waals surface area contributed by atoms with Gasteiger partial charge in [0.05, 0.1) is 118 Å². The highest BCUT2D eigenvalue weighted by molar-refractivity contribution is 5.79. The molecule has 6 unspecified atom stereocenters. The van der Waals surface area contributed by atoms with Gasteiger partial charge < -0.3 is 70.9 Å². The monoisotopic (exact) mass is 1900 g/mol. The summed E-state index contributed by atoms with van der Waals surface area (Å²) in [7, 11) is 0. The van der Waals surface area contributed by atoms with E-state index >= 15 is 0 Å². The number of nitrogens with one attached hydrogen (secondary N) is 7. The zero-order chi connectivity index (χ0) is 96.4. The van der Waals surface area contributed by atoms with Crippen molar-refractivity contribution in [2.45, 2.75) is 170 Å². The van der Waals surface area contributed by atoms with Crippen LogP contribution in [0.3, 0.4) is 0 Å². The second kappa shape index (κ2) is 33.8. The van der Waals surface area contributed by atoms with Crippen LogP contribution in [0, 0.1) is 46.8 Å². The molecule has 11 atom stereocenters. The number of benzene rings is 4. The number of nitrogens with zero attached hydrogens (tertiary/aromatic N) is 19. The van der Waals surface area contributed by atoms with E-state index in [1.807, 2.05) is 95.2 Å². The van der Waals surface area contributed by atoms with Crippen molar-refractivity contribution in [1.29, 1.82) is 0 Å². The Bertz CT molecular complexity index is 7450. The molecule has 13 aliphatic rings. The molecule has 0 amide bonds. The first kappa shape index (κ1) is 88.4. The molecule has 11 aromatic heterocycles. The van der Waals surface area contributed by atoms with Crippen LogP contribution in [0.1, 0.15) is 167 Å². The van der Waals surface area contributed by atoms with Crippen molar-refractivity contribution >= 4 is 85.8 Å². The zero-order valence-corrected chi connectivity index (χ0v) is 78.9. The molecule has 10 bridgehead atoms. The van der Waals surface area contributed by atoms with Crippen LogP contribution in [0.2, 0.25) is 0 Å². The number of aromatic nitrogens is 16. The highest BCUT2D eigenvalue weighted by Gasteiger charge is 2.67. The molecule has 15 aromatic rings. The van der Waals surface area contributed by atoms with Crippen LogP contribution >= 0.6 is 0 Å². The van der Waals surface area contributed by atoms with Crippen LogP contribution in [0.15, 0.2) is 210 Å². The molecule has 720 valence electrons. The number of fused-ring (bicyclic) bond motifs is 15. The third-order valence-corrected chi connectivity index (χ3v) is 30.3. The minimum absolute atomic E-state index is 0.0115. The molecule has 28 rings (SSSR count). The molecule has 0 radical (unpaired) electrons. The first-order valence-corrected chi connectivity index (χ1v) is 48.6. The van der Waals surface area contributed by atoms with Gasteiger partial charge in [-0.15, -0.1) is 0 Å². The van der Waals surface area contributed by atoms with E-state index in [1.165, 1.54) is 30.5 Å². The predicted molar refractivity (Wildman–Crippen MR) is 528 cm³/mol. The number of halogens is 5. The molecule has 8 aliphatic heterocycles. The van der Waals surface area contributed by atoms with Crippen LogP contribution in [0.4, 0.5) is 51.0 Å². The molecule has 30 nitrogen and oxygen atoms in total. The van der Waals surface area contributed by atoms with Crippen molar-refractivity contribution in [1.82, 2.24) is 105 Å². The van der Waals surface area contributed by atoms with Crippen LogP contribution in [0.5, 0.6) is 23.0 Å². The van der Waals surface area contributed by atoms with Crippen molar-refractivity contribution < 1.29 is 40.9 Å². The van der Waals surface area contributed by atoms with Crippen LogP contribution in [0.25, 0.3) is 56.7 Å². The molecule has 19 heterocycles. The summed E-state index contributed by atoms with van der Waals surface area (Å²) in [4.78, 5) is 35.9. The third kappa shape index (κ3) is 15.6. The summed E-state index contributed by atoms with van der Waals surface area (Å²) in [5.74, 6) is 7.27. The molecule has 3 saturated heterocycles. The van der Waals surface area contributed by atoms with Gasteiger partial charge in [-0.25, -0.2) is 69.4 Å². The van der Waals surface area contributed by atoms with Gasteiger partial charge in [0.15, 0.2) is 28.2 Å². The average molecular weight is 1900 g/mol. The fourth-order valence-electron chi connectivity index (χ4n) is 22.7. The van der Waals surface area contributed by atoms with Crippen molar-refractivity contribution in [2.75, 3.05) is 71.3 Å². The summed E-state index contributed by atoms with van der Waals surface area (Å²) in [6.07, 6.45) is 31.1. The molecule has 8 fully saturated rings. The lowest BCUT2D eigenvalue weighted by Crippen LogP contribution is -2.35. The molecular weight excluding hydrogens is 1800 g/mol. The Morgan fingerprint density at radius 1 is 0.355 bits per heavy atom. The number of piperidine rings is 3. The van der Waals surface area contributed by atoms with E-state index in [0.29, 0.717) is 55.6 Å². The molecular formula is C106H107F5N26O4. The van der Waals surface area contributed by atoms with Crippen molar-refractivity contribution in [3.63, 3.8) is 0 Å². The fraction of sp³-hybridized carbons (Fsp3) is 0.349. The van der Waals surface area contributed by atoms with Gasteiger partial charge >= 0.3 is 0 Å². The van der Waals surface area contributed by atoms with Gasteiger partial charge in [0.2, 0.25) is 0 Å². The zero-order valence-electron chi connectivity index (χ0n) is 78.9. The highest BCUT2D eigenvalue weighted by atomic mass is 19.1. The molecule has 7 N–H and O–H groups in total. The van der Waals surface area contributed by atoms with Gasteiger partial charge in [-0.3, -0.25) is 4.98 Å². The van der Waals surface area contributed by atoms with E-state index in [2.05, 4.69) is 122 Å². The van der Waals surface area contributed by atoms with E-state index in [0.717, 1.165) is 255 Å². The summed E-state index contributed by atoms with van der Waals surface area (Å²) in [6.45, 7) is 35.7. The topological polar surface area (TPSA) is 295 Å². The molecule has 5 spiro atoms. The van der Waals surface area contributed by atoms with Crippen molar-refractivity contribution in [3.05, 3.63) is 301 Å². The Balaban J connectivity index is 0.0000000954. The number of anilines is 5. The second-order valence-electron chi connectivity index (χ2n) is 39.8. The first-order chi connectivity index (χ1) is 68.3. The van der Waals surface area contributed by atoms with Gasteiger partial charge in [0.1, 0.15) is 107 Å². The normalized spacial score (nSPS) is 25.1. The number of hydrogen-bond acceptors (Lipinski definition) is 25. The Morgan fingerprint density at radius 3 is 1.09 bits per heavy atom. The van der Waals surface area contributed by atoms with Gasteiger partial charge in [-0.2, -0.15) is 25.5 Å². The summed E-state index contributed by atoms with van der Waals surface area (Å²) in [6, 6.07) is 30.9. The molecule has 4 aromatic carbocycles. The highest BCUT2D eigenvalue weighted by Crippen LogP contribution is 2.68. The Kier molecular flexibility index (Phi) is 21.2. The van der Waals surface area contributed by atoms with Gasteiger partial charge in [-0.05, 0) is 239 Å². The first-order valence-electron chi connectivity index (χ1n) is 48.6. The standard InChI is InChI=1S/C22H23FN6.2C22H22FN5O.2C20H20FN5O/c1-13-3-4-19-18(9-16(23)11-24-19)22-10-15(22)5-7-28(22)20-6-8-29-21(27-20)17(12-25-29)14(2)26-13;1-13-12-29-19-4-3-16(23)9-18(19)22-10-15(22)5-7-27(22)20-6-8-28-21(26-20)17(11-24-28)14(2)25-13;1-13-11-24-14(2)17-12-25-28-8-6-20(26-21(17)28)27-7-5-15-10-22(15,27)18-9-16(23)3-4-19(18)29-13;1-12-11-27-17-4-3-14(21)9-16(17)20(6-7-20)25-18-5-8-26-19(24-18)15(10-22-26)13(2)23-12;1-12-10-22-13(2)15-11-23-26-8-5-18(24-19(15)26)25-20(6-7-20)16-9-14(21)3-4-17(16)27-12/h6,8-9,11-13,15,26H,2-5,7,10H2,1H3;3-4,6,8-9,11,13,15,25H,2,5,7,10,12H2,1H3;3-4,6,8-9,12-13,15,24H,2,5,7,10-11H2,1H3;3-5,8-10,12,23H,2,6-7,11H2,1H3,(H,24,25);3-5,8-9,11-12,22H,2,6-7,10H2,1H3,(H,24,25)/t3*13-,15?,22?;2*12-/m11010/s1. The minimum Gasteiger partial charge on any atom is -0.491 e. The SMILES string of the molecule is C=C1NC[C@H](C)Oc2ccc(F)cc2C2(CC2)Nc2ccn3ncc1c3n2.C=C1NC[C@H](C)Oc2ccc(F)cc2C23CC2CCN3c2ccn3ncc1c3n2.C=C1N[C@H](C)CCc2ncc(F)cc2C23CC2CCN3c2ccn3ncc1c3n2.C=C1N[C@H](C)COc2ccc(F)cc2C2(CC2)Nc2ccn3ncc1c3n2.C=C1N[C@H](C)COc2ccc(F)cc2C23CC2CCN3c2ccn3ncc1c3n2. The van der Waals surface area contributed by atoms with E-state index in [-0.39, 0.29) is 87.1 Å². The molecule has 5 aliphatic carbocycles. The number of hydrogen-bond donors (Lipinski definition) is 7. The Morgan fingerprint density at radius 2 is 0.688 bits per heavy atom. The smallest absolute Gasteiger partial charge is 0.166 e. The Labute approximate surface area is 809 Å². The van der Waals surface area contributed by atoms with Crippen LogP contribution in [-0.2, 0) is 34.1 Å². The lowest BCUT2D eigenvalue weighted by molar-refractivity contribution is 0.219. The average Bonchev–Trinajstić information content (AvgIpc) is 1.53. The lowest BCUT2D eigenvalue weighted by Gasteiger charge is -2.31. The lowest BCUT2D eigenvalue weighted by atomic mass is 9.96. The molecule has 141 heavy (non-hydrogen) atoms. The number of aryl methyl sites for hydroxylation is 1. The van der Waals surface area contributed by atoms with Crippen LogP contribution < -0.4 is 70.9 Å². The largest absolute Gasteiger partial charge is 0.491 e. The predicted octanol–water partition coefficient (Wildman–Crippen LogP) is 16.6. The second-order valence-corrected chi connectivity index (χ2v) is 39.8. The third-order valence-electron chi connectivity index (χ3n) is 30.3. The maximum Gasteiger partial charge on any atom is 0.166 e. The number of rotatable bonds is 0. The maximum atomic E-state index is 14.3. The quantitative estimate of drug-likeness (QED) is 0.0694. The van der Waals surface area contributed by atoms with Crippen molar-refractivity contribution in [3.8, 4) is 23.0 Å². The maximum absolute atomic E-state index is 14.3. The van der Waals surface area contributed by atoms with Crippen LogP contribution in [-0.4, -0.2) is 154 Å². The molecule has 35 heteroatoms. The minimum atomic E-state index is -0.360. The summed E-state index contributed by atoms with van der Waals surface area (Å²) >= 11 is 0. The number of ether oxygens (including phenoxy) is 4.